The van der Waals surface area contributed by atoms with E-state index in [1.165, 1.54) is 13.2 Å². The summed E-state index contributed by atoms with van der Waals surface area (Å²) in [5.74, 6) is -0.957. The molecule has 0 bridgehead atoms. The van der Waals surface area contributed by atoms with Crippen LogP contribution in [0.15, 0.2) is 24.3 Å². The first-order valence-corrected chi connectivity index (χ1v) is 10.0. The van der Waals surface area contributed by atoms with Crippen molar-refractivity contribution in [3.63, 3.8) is 0 Å². The van der Waals surface area contributed by atoms with Crippen LogP contribution in [-0.2, 0) is 9.53 Å². The van der Waals surface area contributed by atoms with Gasteiger partial charge >= 0.3 is 5.97 Å². The van der Waals surface area contributed by atoms with E-state index in [-0.39, 0.29) is 18.3 Å². The summed E-state index contributed by atoms with van der Waals surface area (Å²) in [7, 11) is 1.31. The summed E-state index contributed by atoms with van der Waals surface area (Å²) in [6, 6.07) is 0. The highest BCUT2D eigenvalue weighted by Crippen LogP contribution is 2.37. The molecule has 0 spiro atoms. The Morgan fingerprint density at radius 3 is 2.59 bits per heavy atom. The second-order valence-electron chi connectivity index (χ2n) is 7.45. The first-order chi connectivity index (χ1) is 12.9. The van der Waals surface area contributed by atoms with E-state index in [2.05, 4.69) is 11.7 Å². The average Bonchev–Trinajstić information content (AvgIpc) is 2.89. The maximum atomic E-state index is 11.0. The monoisotopic (exact) mass is 384 g/mol. The molecule has 0 aromatic heterocycles. The highest BCUT2D eigenvalue weighted by molar-refractivity contribution is 5.81. The van der Waals surface area contributed by atoms with E-state index in [0.717, 1.165) is 19.3 Å². The molecule has 156 valence electrons. The molecule has 6 heteroatoms. The fraction of sp³-hybridized carbons (Fsp3) is 0.762. The Hall–Kier alpha value is -1.21. The van der Waals surface area contributed by atoms with E-state index >= 15 is 0 Å². The molecule has 0 heterocycles. The van der Waals surface area contributed by atoms with Crippen molar-refractivity contribution in [2.75, 3.05) is 7.11 Å². The number of unbranched alkanes of at least 4 members (excludes halogenated alkanes) is 2. The molecule has 1 rings (SSSR count). The predicted octanol–water partition coefficient (Wildman–Crippen LogP) is 2.10. The third-order valence-corrected chi connectivity index (χ3v) is 5.24. The zero-order valence-electron chi connectivity index (χ0n) is 16.5. The topological polar surface area (TPSA) is 107 Å². The first-order valence-electron chi connectivity index (χ1n) is 10.0. The molecule has 0 amide bonds. The number of hydrogen-bond acceptors (Lipinski definition) is 6. The largest absolute Gasteiger partial charge is 0.466 e. The van der Waals surface area contributed by atoms with Gasteiger partial charge in [0.1, 0.15) is 0 Å². The van der Waals surface area contributed by atoms with Crippen LogP contribution in [0.5, 0.6) is 0 Å². The van der Waals surface area contributed by atoms with Gasteiger partial charge in [0.05, 0.1) is 31.5 Å². The van der Waals surface area contributed by atoms with Crippen LogP contribution in [0.25, 0.3) is 0 Å². The summed E-state index contributed by atoms with van der Waals surface area (Å²) in [6.07, 6.45) is 9.41. The summed E-state index contributed by atoms with van der Waals surface area (Å²) < 4.78 is 4.50. The summed E-state index contributed by atoms with van der Waals surface area (Å²) >= 11 is 0. The molecule has 1 saturated carbocycles. The quantitative estimate of drug-likeness (QED) is 0.178. The van der Waals surface area contributed by atoms with Gasteiger partial charge in [-0.3, -0.25) is 0 Å². The average molecular weight is 385 g/mol. The van der Waals surface area contributed by atoms with Crippen molar-refractivity contribution < 1.29 is 30.0 Å². The molecule has 6 nitrogen and oxygen atoms in total. The second kappa shape index (κ2) is 13.0. The number of esters is 1. The van der Waals surface area contributed by atoms with Crippen molar-refractivity contribution in [3.05, 3.63) is 24.3 Å². The van der Waals surface area contributed by atoms with Crippen LogP contribution >= 0.6 is 0 Å². The van der Waals surface area contributed by atoms with Crippen molar-refractivity contribution in [2.24, 2.45) is 11.8 Å². The highest BCUT2D eigenvalue weighted by Gasteiger charge is 2.40. The molecule has 27 heavy (non-hydrogen) atoms. The maximum absolute atomic E-state index is 11.0. The van der Waals surface area contributed by atoms with Crippen LogP contribution in [0, 0.1) is 11.8 Å². The molecule has 6 atom stereocenters. The molecular formula is C21H36O6. The number of allylic oxidation sites excluding steroid dienone is 1. The van der Waals surface area contributed by atoms with Crippen molar-refractivity contribution in [1.82, 2.24) is 0 Å². The lowest BCUT2D eigenvalue weighted by Gasteiger charge is -2.23. The molecular weight excluding hydrogens is 348 g/mol. The smallest absolute Gasteiger partial charge is 0.330 e. The number of methoxy groups -OCH3 is 1. The van der Waals surface area contributed by atoms with Gasteiger partial charge in [-0.1, -0.05) is 44.4 Å². The van der Waals surface area contributed by atoms with Crippen LogP contribution in [0.2, 0.25) is 0 Å². The second-order valence-corrected chi connectivity index (χ2v) is 7.45. The van der Waals surface area contributed by atoms with Crippen molar-refractivity contribution in [2.45, 2.75) is 82.7 Å². The fourth-order valence-electron chi connectivity index (χ4n) is 3.63. The molecule has 4 unspecified atom stereocenters. The molecule has 0 aromatic rings. The zero-order valence-corrected chi connectivity index (χ0v) is 16.5. The maximum Gasteiger partial charge on any atom is 0.330 e. The molecule has 0 saturated heterocycles. The SMILES string of the molecule is CCCCCC(O)C=C[C@H]1C(O)CC(O)[C@@H]1CC(O)CCC=CC(=O)OC. The molecule has 1 aliphatic rings. The molecule has 1 fully saturated rings. The predicted molar refractivity (Wildman–Crippen MR) is 104 cm³/mol. The van der Waals surface area contributed by atoms with Gasteiger partial charge in [-0.15, -0.1) is 0 Å². The molecule has 0 aliphatic heterocycles. The zero-order chi connectivity index (χ0) is 20.2. The van der Waals surface area contributed by atoms with E-state index in [1.807, 2.05) is 0 Å². The minimum atomic E-state index is -0.674. The number of hydrogen-bond donors (Lipinski definition) is 4. The lowest BCUT2D eigenvalue weighted by Crippen LogP contribution is -2.25. The number of carbonyl (C=O) groups excluding carboxylic acids is 1. The Labute approximate surface area is 162 Å². The summed E-state index contributed by atoms with van der Waals surface area (Å²) in [5, 5.41) is 40.8. The van der Waals surface area contributed by atoms with Gasteiger partial charge in [0.25, 0.3) is 0 Å². The van der Waals surface area contributed by atoms with E-state index in [4.69, 9.17) is 0 Å². The Morgan fingerprint density at radius 2 is 1.93 bits per heavy atom. The number of rotatable bonds is 12. The van der Waals surface area contributed by atoms with Gasteiger partial charge in [0.15, 0.2) is 0 Å². The molecule has 0 radical (unpaired) electrons. The lowest BCUT2D eigenvalue weighted by molar-refractivity contribution is -0.134. The highest BCUT2D eigenvalue weighted by atomic mass is 16.5. The Balaban J connectivity index is 2.52. The van der Waals surface area contributed by atoms with Gasteiger partial charge in [0.2, 0.25) is 0 Å². The third-order valence-electron chi connectivity index (χ3n) is 5.24. The van der Waals surface area contributed by atoms with E-state index in [9.17, 15) is 25.2 Å². The minimum absolute atomic E-state index is 0.251. The summed E-state index contributed by atoms with van der Waals surface area (Å²) in [5.41, 5.74) is 0. The van der Waals surface area contributed by atoms with E-state index in [1.54, 1.807) is 18.2 Å². The lowest BCUT2D eigenvalue weighted by atomic mass is 9.87. The van der Waals surface area contributed by atoms with Gasteiger partial charge in [0, 0.05) is 18.4 Å². The fourth-order valence-corrected chi connectivity index (χ4v) is 3.63. The number of ether oxygens (including phenoxy) is 1. The van der Waals surface area contributed by atoms with Gasteiger partial charge < -0.3 is 25.2 Å². The minimum Gasteiger partial charge on any atom is -0.466 e. The summed E-state index contributed by atoms with van der Waals surface area (Å²) in [6.45, 7) is 2.11. The van der Waals surface area contributed by atoms with Crippen molar-refractivity contribution in [3.8, 4) is 0 Å². The van der Waals surface area contributed by atoms with Crippen molar-refractivity contribution >= 4 is 5.97 Å². The van der Waals surface area contributed by atoms with Gasteiger partial charge in [-0.2, -0.15) is 0 Å². The van der Waals surface area contributed by atoms with Gasteiger partial charge in [-0.05, 0) is 31.6 Å². The standard InChI is InChI=1S/C21H36O6/c1-3-4-5-8-15(22)11-12-17-18(20(25)14-19(17)24)13-16(23)9-6-7-10-21(26)27-2/h7,10-12,15-20,22-25H,3-6,8-9,13-14H2,1-2H3/t15?,16?,17-,18-,19?,20?/m1/s1. The van der Waals surface area contributed by atoms with Crippen LogP contribution in [0.4, 0.5) is 0 Å². The van der Waals surface area contributed by atoms with Crippen LogP contribution in [-0.4, -0.2) is 57.9 Å². The van der Waals surface area contributed by atoms with Crippen molar-refractivity contribution in [1.29, 1.82) is 0 Å². The third kappa shape index (κ3) is 9.02. The Bertz CT molecular complexity index is 475. The number of aliphatic hydroxyl groups is 4. The number of aliphatic hydroxyl groups excluding tert-OH is 4. The molecule has 1 aliphatic carbocycles. The van der Waals surface area contributed by atoms with E-state index < -0.39 is 30.4 Å². The van der Waals surface area contributed by atoms with E-state index in [0.29, 0.717) is 25.7 Å². The Kier molecular flexibility index (Phi) is 11.5. The van der Waals surface area contributed by atoms with Crippen LogP contribution < -0.4 is 0 Å². The van der Waals surface area contributed by atoms with Crippen LogP contribution in [0.3, 0.4) is 0 Å². The molecule has 0 aromatic carbocycles. The Morgan fingerprint density at radius 1 is 1.19 bits per heavy atom. The molecule has 4 N–H and O–H groups in total. The summed E-state index contributed by atoms with van der Waals surface area (Å²) in [4.78, 5) is 11.0. The first kappa shape index (κ1) is 23.8. The number of carbonyl (C=O) groups is 1. The normalized spacial score (nSPS) is 28.1. The van der Waals surface area contributed by atoms with Gasteiger partial charge in [-0.25, -0.2) is 4.79 Å². The van der Waals surface area contributed by atoms with Crippen LogP contribution in [0.1, 0.15) is 58.3 Å².